The molecule has 4 nitrogen and oxygen atoms in total. The van der Waals surface area contributed by atoms with Crippen LogP contribution in [0.2, 0.25) is 0 Å². The number of rotatable bonds is 2. The van der Waals surface area contributed by atoms with Gasteiger partial charge in [-0.1, -0.05) is 6.07 Å². The summed E-state index contributed by atoms with van der Waals surface area (Å²) < 4.78 is 7.81. The first-order valence-electron chi connectivity index (χ1n) is 7.46. The number of aromatic nitrogens is 2. The van der Waals surface area contributed by atoms with E-state index >= 15 is 0 Å². The fraction of sp³-hybridized carbons (Fsp3) is 0.105. The average molecular weight is 304 g/mol. The molecule has 0 saturated heterocycles. The molecule has 2 aromatic heterocycles. The molecule has 0 unspecified atom stereocenters. The summed E-state index contributed by atoms with van der Waals surface area (Å²) in [7, 11) is 0. The summed E-state index contributed by atoms with van der Waals surface area (Å²) in [5.41, 5.74) is 5.24. The van der Waals surface area contributed by atoms with Gasteiger partial charge >= 0.3 is 0 Å². The molecule has 0 radical (unpaired) electrons. The predicted molar refractivity (Wildman–Crippen MR) is 89.9 cm³/mol. The van der Waals surface area contributed by atoms with Crippen LogP contribution in [0.1, 0.15) is 11.1 Å². The third-order valence-corrected chi connectivity index (χ3v) is 3.93. The van der Waals surface area contributed by atoms with E-state index in [1.54, 1.807) is 6.07 Å². The Morgan fingerprint density at radius 3 is 2.57 bits per heavy atom. The maximum Gasteiger partial charge on any atom is 0.231 e. The number of aryl methyl sites for hydroxylation is 2. The van der Waals surface area contributed by atoms with Gasteiger partial charge in [0.15, 0.2) is 5.58 Å². The molecule has 0 fully saturated rings. The number of phenols is 1. The van der Waals surface area contributed by atoms with Crippen molar-refractivity contribution in [1.29, 1.82) is 0 Å². The second kappa shape index (κ2) is 5.02. The molecular formula is C19H16N2O2. The molecule has 23 heavy (non-hydrogen) atoms. The van der Waals surface area contributed by atoms with Crippen molar-refractivity contribution in [3.63, 3.8) is 0 Å². The van der Waals surface area contributed by atoms with Crippen LogP contribution in [0, 0.1) is 13.8 Å². The quantitative estimate of drug-likeness (QED) is 0.588. The minimum Gasteiger partial charge on any atom is -0.507 e. The number of oxazole rings is 1. The van der Waals surface area contributed by atoms with E-state index in [2.05, 4.69) is 11.1 Å². The van der Waals surface area contributed by atoms with Gasteiger partial charge in [-0.15, -0.1) is 0 Å². The summed E-state index contributed by atoms with van der Waals surface area (Å²) in [5.74, 6) is 0.586. The van der Waals surface area contributed by atoms with Crippen molar-refractivity contribution < 1.29 is 9.52 Å². The summed E-state index contributed by atoms with van der Waals surface area (Å²) in [5, 5.41) is 10.4. The fourth-order valence-corrected chi connectivity index (χ4v) is 2.86. The molecule has 1 N–H and O–H groups in total. The molecule has 4 rings (SSSR count). The maximum atomic E-state index is 10.4. The van der Waals surface area contributed by atoms with Crippen molar-refractivity contribution in [1.82, 2.24) is 9.55 Å². The van der Waals surface area contributed by atoms with E-state index in [1.807, 2.05) is 61.1 Å². The van der Waals surface area contributed by atoms with Gasteiger partial charge in [-0.3, -0.25) is 0 Å². The highest BCUT2D eigenvalue weighted by Crippen LogP contribution is 2.33. The van der Waals surface area contributed by atoms with Crippen LogP contribution in [-0.2, 0) is 0 Å². The zero-order valence-corrected chi connectivity index (χ0v) is 12.9. The van der Waals surface area contributed by atoms with Crippen molar-refractivity contribution in [2.45, 2.75) is 13.8 Å². The first kappa shape index (κ1) is 13.6. The van der Waals surface area contributed by atoms with Crippen LogP contribution >= 0.6 is 0 Å². The highest BCUT2D eigenvalue weighted by Gasteiger charge is 2.14. The van der Waals surface area contributed by atoms with Gasteiger partial charge in [0.2, 0.25) is 5.89 Å². The van der Waals surface area contributed by atoms with Crippen molar-refractivity contribution in [2.75, 3.05) is 0 Å². The monoisotopic (exact) mass is 304 g/mol. The molecule has 0 amide bonds. The molecule has 0 atom stereocenters. The highest BCUT2D eigenvalue weighted by molar-refractivity contribution is 5.81. The first-order chi connectivity index (χ1) is 11.1. The smallest absolute Gasteiger partial charge is 0.231 e. The number of hydrogen-bond acceptors (Lipinski definition) is 3. The van der Waals surface area contributed by atoms with Crippen molar-refractivity contribution in [3.05, 3.63) is 66.0 Å². The van der Waals surface area contributed by atoms with Gasteiger partial charge in [-0.2, -0.15) is 0 Å². The van der Waals surface area contributed by atoms with Crippen molar-refractivity contribution in [3.8, 4) is 22.9 Å². The van der Waals surface area contributed by atoms with Crippen LogP contribution in [0.4, 0.5) is 0 Å². The third-order valence-electron chi connectivity index (χ3n) is 3.93. The predicted octanol–water partition coefficient (Wildman–Crippen LogP) is 4.61. The van der Waals surface area contributed by atoms with Crippen molar-refractivity contribution >= 4 is 11.1 Å². The molecule has 2 heterocycles. The zero-order valence-electron chi connectivity index (χ0n) is 12.9. The standard InChI is InChI=1S/C19H16N2O2/c1-12-9-13(2)18-16(10-12)20-19(23-18)15-6-5-14(11-17(15)22)21-7-3-4-8-21/h3-11,22H,1-2H3. The molecular weight excluding hydrogens is 288 g/mol. The largest absolute Gasteiger partial charge is 0.507 e. The van der Waals surface area contributed by atoms with E-state index in [9.17, 15) is 5.11 Å². The number of hydrogen-bond donors (Lipinski definition) is 1. The zero-order chi connectivity index (χ0) is 16.0. The third kappa shape index (κ3) is 2.28. The minimum absolute atomic E-state index is 0.150. The number of aromatic hydroxyl groups is 1. The summed E-state index contributed by atoms with van der Waals surface area (Å²) in [6.45, 7) is 4.03. The van der Waals surface area contributed by atoms with Gasteiger partial charge in [-0.25, -0.2) is 4.98 Å². The minimum atomic E-state index is 0.150. The Kier molecular flexibility index (Phi) is 2.98. The Bertz CT molecular complexity index is 998. The van der Waals surface area contributed by atoms with Crippen LogP contribution in [0.3, 0.4) is 0 Å². The number of benzene rings is 2. The topological polar surface area (TPSA) is 51.2 Å². The van der Waals surface area contributed by atoms with E-state index in [4.69, 9.17) is 4.42 Å². The Balaban J connectivity index is 1.83. The van der Waals surface area contributed by atoms with E-state index in [-0.39, 0.29) is 5.75 Å². The molecule has 0 bridgehead atoms. The Morgan fingerprint density at radius 2 is 1.83 bits per heavy atom. The number of fused-ring (bicyclic) bond motifs is 1. The normalized spacial score (nSPS) is 11.2. The van der Waals surface area contributed by atoms with E-state index in [0.29, 0.717) is 11.5 Å². The molecule has 2 aromatic carbocycles. The van der Waals surface area contributed by atoms with E-state index < -0.39 is 0 Å². The molecule has 4 heteroatoms. The molecule has 0 aliphatic rings. The summed E-state index contributed by atoms with van der Waals surface area (Å²) in [6, 6.07) is 13.4. The lowest BCUT2D eigenvalue weighted by Crippen LogP contribution is -1.89. The SMILES string of the molecule is Cc1cc(C)c2oc(-c3ccc(-n4cccc4)cc3O)nc2c1. The molecule has 0 aliphatic carbocycles. The van der Waals surface area contributed by atoms with Gasteiger partial charge < -0.3 is 14.1 Å². The van der Waals surface area contributed by atoms with Crippen LogP contribution in [-0.4, -0.2) is 14.7 Å². The van der Waals surface area contributed by atoms with E-state index in [0.717, 1.165) is 27.9 Å². The summed E-state index contributed by atoms with van der Waals surface area (Å²) in [6.07, 6.45) is 3.86. The van der Waals surface area contributed by atoms with Crippen LogP contribution in [0.25, 0.3) is 28.2 Å². The summed E-state index contributed by atoms with van der Waals surface area (Å²) >= 11 is 0. The first-order valence-corrected chi connectivity index (χ1v) is 7.46. The molecule has 0 aliphatic heterocycles. The maximum absolute atomic E-state index is 10.4. The van der Waals surface area contributed by atoms with Crippen molar-refractivity contribution in [2.24, 2.45) is 0 Å². The Morgan fingerprint density at radius 1 is 1.04 bits per heavy atom. The second-order valence-electron chi connectivity index (χ2n) is 5.74. The molecule has 4 aromatic rings. The number of nitrogens with zero attached hydrogens (tertiary/aromatic N) is 2. The van der Waals surface area contributed by atoms with Gasteiger partial charge in [0.1, 0.15) is 11.3 Å². The van der Waals surface area contributed by atoms with Gasteiger partial charge in [0.25, 0.3) is 0 Å². The van der Waals surface area contributed by atoms with Crippen LogP contribution < -0.4 is 0 Å². The van der Waals surface area contributed by atoms with Crippen LogP contribution in [0.15, 0.2) is 59.3 Å². The average Bonchev–Trinajstić information content (AvgIpc) is 3.15. The fourth-order valence-electron chi connectivity index (χ4n) is 2.86. The Labute approximate surface area is 133 Å². The molecule has 0 saturated carbocycles. The molecule has 114 valence electrons. The lowest BCUT2D eigenvalue weighted by molar-refractivity contribution is 0.473. The lowest BCUT2D eigenvalue weighted by Gasteiger charge is -2.06. The van der Waals surface area contributed by atoms with E-state index in [1.165, 1.54) is 0 Å². The highest BCUT2D eigenvalue weighted by atomic mass is 16.3. The Hall–Kier alpha value is -3.01. The summed E-state index contributed by atoms with van der Waals surface area (Å²) in [4.78, 5) is 4.52. The molecule has 0 spiro atoms. The van der Waals surface area contributed by atoms with Gasteiger partial charge in [0, 0.05) is 24.1 Å². The lowest BCUT2D eigenvalue weighted by atomic mass is 10.1. The van der Waals surface area contributed by atoms with Crippen LogP contribution in [0.5, 0.6) is 5.75 Å². The van der Waals surface area contributed by atoms with Gasteiger partial charge in [-0.05, 0) is 55.3 Å². The second-order valence-corrected chi connectivity index (χ2v) is 5.74. The number of phenolic OH excluding ortho intramolecular Hbond substituents is 1. The van der Waals surface area contributed by atoms with Gasteiger partial charge in [0.05, 0.1) is 5.56 Å².